The Morgan fingerprint density at radius 1 is 1.21 bits per heavy atom. The van der Waals surface area contributed by atoms with Gasteiger partial charge in [-0.2, -0.15) is 0 Å². The predicted octanol–water partition coefficient (Wildman–Crippen LogP) is 0.225. The summed E-state index contributed by atoms with van der Waals surface area (Å²) in [5, 5.41) is 10.3. The Hall–Kier alpha value is -0.650. The van der Waals surface area contributed by atoms with E-state index in [9.17, 15) is 9.90 Å². The molecule has 19 heavy (non-hydrogen) atoms. The zero-order valence-electron chi connectivity index (χ0n) is 11.5. The van der Waals surface area contributed by atoms with Crippen LogP contribution in [0, 0.1) is 0 Å². The summed E-state index contributed by atoms with van der Waals surface area (Å²) in [4.78, 5) is 16.1. The summed E-state index contributed by atoms with van der Waals surface area (Å²) in [5.74, 6) is 0.216. The molecule has 0 saturated carbocycles. The number of amides is 1. The summed E-state index contributed by atoms with van der Waals surface area (Å²) >= 11 is 0. The molecular formula is C14H24N2O3. The second kappa shape index (κ2) is 5.38. The minimum absolute atomic E-state index is 0.216. The summed E-state index contributed by atoms with van der Waals surface area (Å²) in [6, 6.07) is 0. The van der Waals surface area contributed by atoms with Crippen LogP contribution in [0.2, 0.25) is 0 Å². The second-order valence-electron chi connectivity index (χ2n) is 6.11. The van der Waals surface area contributed by atoms with Gasteiger partial charge < -0.3 is 14.7 Å². The van der Waals surface area contributed by atoms with Gasteiger partial charge in [0.15, 0.2) is 0 Å². The zero-order valence-corrected chi connectivity index (χ0v) is 11.5. The van der Waals surface area contributed by atoms with Crippen molar-refractivity contribution >= 4 is 5.91 Å². The van der Waals surface area contributed by atoms with Crippen LogP contribution in [-0.4, -0.2) is 71.8 Å². The lowest BCUT2D eigenvalue weighted by molar-refractivity contribution is -0.142. The molecule has 0 aliphatic carbocycles. The van der Waals surface area contributed by atoms with Crippen LogP contribution in [0.15, 0.2) is 0 Å². The molecule has 5 heteroatoms. The first-order valence-electron chi connectivity index (χ1n) is 7.52. The van der Waals surface area contributed by atoms with Gasteiger partial charge in [0.05, 0.1) is 18.2 Å². The summed E-state index contributed by atoms with van der Waals surface area (Å²) < 4.78 is 5.77. The van der Waals surface area contributed by atoms with E-state index in [1.54, 1.807) is 0 Å². The van der Waals surface area contributed by atoms with Crippen LogP contribution in [0.4, 0.5) is 0 Å². The lowest BCUT2D eigenvalue weighted by Crippen LogP contribution is -2.56. The smallest absolute Gasteiger partial charge is 0.236 e. The van der Waals surface area contributed by atoms with Crippen molar-refractivity contribution in [3.63, 3.8) is 0 Å². The van der Waals surface area contributed by atoms with E-state index in [4.69, 9.17) is 4.74 Å². The molecule has 3 fully saturated rings. The molecule has 1 spiro atoms. The minimum atomic E-state index is -0.449. The van der Waals surface area contributed by atoms with Crippen molar-refractivity contribution in [3.05, 3.63) is 0 Å². The van der Waals surface area contributed by atoms with E-state index in [0.717, 1.165) is 58.3 Å². The minimum Gasteiger partial charge on any atom is -0.389 e. The topological polar surface area (TPSA) is 53.0 Å². The molecule has 3 heterocycles. The first-order valence-corrected chi connectivity index (χ1v) is 7.52. The number of nitrogens with zero attached hydrogens (tertiary/aromatic N) is 2. The summed E-state index contributed by atoms with van der Waals surface area (Å²) in [5.41, 5.74) is -0.312. The van der Waals surface area contributed by atoms with Crippen LogP contribution in [0.5, 0.6) is 0 Å². The van der Waals surface area contributed by atoms with Crippen LogP contribution in [0.1, 0.15) is 32.1 Å². The van der Waals surface area contributed by atoms with Crippen LogP contribution in [0.3, 0.4) is 0 Å². The lowest BCUT2D eigenvalue weighted by Gasteiger charge is -2.42. The summed E-state index contributed by atoms with van der Waals surface area (Å²) in [7, 11) is 0. The van der Waals surface area contributed by atoms with E-state index in [0.29, 0.717) is 13.1 Å². The Morgan fingerprint density at radius 3 is 2.63 bits per heavy atom. The number of piperidine rings is 1. The highest BCUT2D eigenvalue weighted by Crippen LogP contribution is 2.35. The van der Waals surface area contributed by atoms with Crippen LogP contribution in [0.25, 0.3) is 0 Å². The second-order valence-corrected chi connectivity index (χ2v) is 6.11. The highest BCUT2D eigenvalue weighted by molar-refractivity contribution is 5.78. The fourth-order valence-electron chi connectivity index (χ4n) is 3.60. The van der Waals surface area contributed by atoms with Crippen LogP contribution < -0.4 is 0 Å². The van der Waals surface area contributed by atoms with Crippen molar-refractivity contribution in [1.29, 1.82) is 0 Å². The molecular weight excluding hydrogens is 244 g/mol. The van der Waals surface area contributed by atoms with Gasteiger partial charge in [0.25, 0.3) is 0 Å². The highest BCUT2D eigenvalue weighted by Gasteiger charge is 2.45. The van der Waals surface area contributed by atoms with Gasteiger partial charge in [-0.25, -0.2) is 0 Å². The zero-order chi connectivity index (χ0) is 13.3. The highest BCUT2D eigenvalue weighted by atomic mass is 16.5. The number of aliphatic hydroxyl groups is 1. The molecule has 0 aromatic carbocycles. The van der Waals surface area contributed by atoms with Crippen molar-refractivity contribution in [1.82, 2.24) is 9.80 Å². The Kier molecular flexibility index (Phi) is 3.78. The van der Waals surface area contributed by atoms with Gasteiger partial charge in [0.2, 0.25) is 5.91 Å². The van der Waals surface area contributed by atoms with Gasteiger partial charge in [0.1, 0.15) is 0 Å². The number of aliphatic hydroxyl groups excluding tert-OH is 1. The van der Waals surface area contributed by atoms with E-state index in [1.807, 2.05) is 4.90 Å². The fraction of sp³-hybridized carbons (Fsp3) is 0.929. The van der Waals surface area contributed by atoms with Crippen LogP contribution >= 0.6 is 0 Å². The Balaban J connectivity index is 1.52. The van der Waals surface area contributed by atoms with E-state index >= 15 is 0 Å². The number of carbonyl (C=O) groups excluding carboxylic acids is 1. The molecule has 0 bridgehead atoms. The first-order chi connectivity index (χ1) is 9.20. The maximum absolute atomic E-state index is 12.1. The molecule has 0 radical (unpaired) electrons. The molecule has 0 aromatic rings. The van der Waals surface area contributed by atoms with E-state index in [1.165, 1.54) is 0 Å². The third-order valence-corrected chi connectivity index (χ3v) is 4.84. The van der Waals surface area contributed by atoms with Gasteiger partial charge >= 0.3 is 0 Å². The third-order valence-electron chi connectivity index (χ3n) is 4.84. The molecule has 2 atom stereocenters. The number of hydrogen-bond donors (Lipinski definition) is 1. The average Bonchev–Trinajstić information content (AvgIpc) is 3.07. The van der Waals surface area contributed by atoms with E-state index in [2.05, 4.69) is 4.90 Å². The molecule has 5 nitrogen and oxygen atoms in total. The van der Waals surface area contributed by atoms with Gasteiger partial charge in [-0.05, 0) is 32.1 Å². The Labute approximate surface area is 114 Å². The van der Waals surface area contributed by atoms with E-state index in [-0.39, 0.29) is 11.5 Å². The van der Waals surface area contributed by atoms with Crippen molar-refractivity contribution in [2.45, 2.75) is 43.8 Å². The van der Waals surface area contributed by atoms with Crippen LogP contribution in [-0.2, 0) is 9.53 Å². The molecule has 0 unspecified atom stereocenters. The van der Waals surface area contributed by atoms with Crippen molar-refractivity contribution in [2.24, 2.45) is 0 Å². The molecule has 3 saturated heterocycles. The Bertz CT molecular complexity index is 336. The lowest BCUT2D eigenvalue weighted by atomic mass is 9.86. The fourth-order valence-corrected chi connectivity index (χ4v) is 3.60. The number of ether oxygens (including phenoxy) is 1. The molecule has 108 valence electrons. The molecule has 3 aliphatic rings. The summed E-state index contributed by atoms with van der Waals surface area (Å²) in [6.45, 7) is 4.46. The first kappa shape index (κ1) is 13.3. The predicted molar refractivity (Wildman–Crippen MR) is 70.8 cm³/mol. The molecule has 0 aromatic heterocycles. The third kappa shape index (κ3) is 2.64. The standard InChI is InChI=1S/C14H24N2O3/c17-12-10-15(8-5-14(12)4-3-9-19-14)11-13(18)16-6-1-2-7-16/h12,17H,1-11H2/t12-,14-/m0/s1. The Morgan fingerprint density at radius 2 is 2.00 bits per heavy atom. The van der Waals surface area contributed by atoms with Gasteiger partial charge in [-0.1, -0.05) is 0 Å². The number of β-amino-alcohol motifs (C(OH)–C–C–N with tert-alkyl or cyclic N) is 1. The largest absolute Gasteiger partial charge is 0.389 e. The van der Waals surface area contributed by atoms with Gasteiger partial charge in [-0.3, -0.25) is 9.69 Å². The quantitative estimate of drug-likeness (QED) is 0.778. The average molecular weight is 268 g/mol. The van der Waals surface area contributed by atoms with E-state index < -0.39 is 6.10 Å². The molecule has 1 amide bonds. The number of hydrogen-bond acceptors (Lipinski definition) is 4. The van der Waals surface area contributed by atoms with Crippen molar-refractivity contribution in [2.75, 3.05) is 39.3 Å². The maximum atomic E-state index is 12.1. The molecule has 3 rings (SSSR count). The normalized spacial score (nSPS) is 36.3. The van der Waals surface area contributed by atoms with Gasteiger partial charge in [-0.15, -0.1) is 0 Å². The molecule has 3 aliphatic heterocycles. The monoisotopic (exact) mass is 268 g/mol. The van der Waals surface area contributed by atoms with Crippen molar-refractivity contribution in [3.8, 4) is 0 Å². The molecule has 1 N–H and O–H groups in total. The number of carbonyl (C=O) groups is 1. The van der Waals surface area contributed by atoms with Gasteiger partial charge in [0, 0.05) is 32.8 Å². The SMILES string of the molecule is O=C(CN1CC[C@@]2(CCCO2)[C@@H](O)C1)N1CCCC1. The summed E-state index contributed by atoms with van der Waals surface area (Å²) in [6.07, 6.45) is 4.67. The van der Waals surface area contributed by atoms with Crippen molar-refractivity contribution < 1.29 is 14.6 Å². The number of rotatable bonds is 2. The maximum Gasteiger partial charge on any atom is 0.236 e. The number of likely N-dealkylation sites (tertiary alicyclic amines) is 2.